The third-order valence-corrected chi connectivity index (χ3v) is 3.63. The largest absolute Gasteiger partial charge is 0.481 e. The van der Waals surface area contributed by atoms with Gasteiger partial charge in [0.25, 0.3) is 0 Å². The third-order valence-electron chi connectivity index (χ3n) is 3.63. The lowest BCUT2D eigenvalue weighted by Gasteiger charge is -2.28. The fourth-order valence-corrected chi connectivity index (χ4v) is 2.66. The molecule has 1 fully saturated rings. The third kappa shape index (κ3) is 6.62. The van der Waals surface area contributed by atoms with E-state index in [-0.39, 0.29) is 12.1 Å². The SMILES string of the molecule is CC(=O)O[C@H]1CC[C@H](CCCCCC(=O)O)CC1. The molecular formula is C14H24O4. The van der Waals surface area contributed by atoms with Crippen LogP contribution < -0.4 is 0 Å². The second-order valence-electron chi connectivity index (χ2n) is 5.25. The van der Waals surface area contributed by atoms with Crippen molar-refractivity contribution in [2.24, 2.45) is 5.92 Å². The first-order chi connectivity index (χ1) is 8.58. The standard InChI is InChI=1S/C14H24O4/c1-11(15)18-13-9-7-12(8-10-13)5-3-2-4-6-14(16)17/h12-13H,2-10H2,1H3,(H,16,17)/t12-,13-. The molecule has 0 bridgehead atoms. The predicted molar refractivity (Wildman–Crippen MR) is 68.2 cm³/mol. The molecule has 4 nitrogen and oxygen atoms in total. The van der Waals surface area contributed by atoms with Crippen molar-refractivity contribution >= 4 is 11.9 Å². The maximum absolute atomic E-state index is 10.8. The van der Waals surface area contributed by atoms with Crippen LogP contribution in [0, 0.1) is 5.92 Å². The first-order valence-electron chi connectivity index (χ1n) is 6.97. The molecule has 0 radical (unpaired) electrons. The van der Waals surface area contributed by atoms with E-state index in [1.165, 1.54) is 13.3 Å². The number of carboxylic acids is 1. The Bertz CT molecular complexity index is 267. The molecule has 0 aromatic rings. The Morgan fingerprint density at radius 2 is 1.78 bits per heavy atom. The van der Waals surface area contributed by atoms with Crippen LogP contribution in [0.15, 0.2) is 0 Å². The molecule has 0 saturated heterocycles. The predicted octanol–water partition coefficient (Wildman–Crippen LogP) is 3.14. The minimum absolute atomic E-state index is 0.130. The van der Waals surface area contributed by atoms with E-state index < -0.39 is 5.97 Å². The zero-order chi connectivity index (χ0) is 13.4. The fraction of sp³-hybridized carbons (Fsp3) is 0.857. The molecule has 1 aliphatic carbocycles. The van der Waals surface area contributed by atoms with Crippen molar-refractivity contribution in [1.82, 2.24) is 0 Å². The van der Waals surface area contributed by atoms with Crippen LogP contribution >= 0.6 is 0 Å². The topological polar surface area (TPSA) is 63.6 Å². The van der Waals surface area contributed by atoms with Crippen molar-refractivity contribution in [2.75, 3.05) is 0 Å². The van der Waals surface area contributed by atoms with Crippen molar-refractivity contribution in [2.45, 2.75) is 70.8 Å². The van der Waals surface area contributed by atoms with Gasteiger partial charge in [-0.2, -0.15) is 0 Å². The van der Waals surface area contributed by atoms with E-state index in [0.29, 0.717) is 6.42 Å². The molecule has 1 aliphatic rings. The molecule has 0 unspecified atom stereocenters. The summed E-state index contributed by atoms with van der Waals surface area (Å²) >= 11 is 0. The second-order valence-corrected chi connectivity index (χ2v) is 5.25. The number of carbonyl (C=O) groups is 2. The van der Waals surface area contributed by atoms with Crippen LogP contribution in [0.2, 0.25) is 0 Å². The quantitative estimate of drug-likeness (QED) is 0.561. The summed E-state index contributed by atoms with van der Waals surface area (Å²) in [6.07, 6.45) is 8.77. The van der Waals surface area contributed by atoms with Crippen LogP contribution in [-0.2, 0) is 14.3 Å². The minimum Gasteiger partial charge on any atom is -0.481 e. The van der Waals surface area contributed by atoms with Gasteiger partial charge >= 0.3 is 11.9 Å². The molecule has 0 aliphatic heterocycles. The van der Waals surface area contributed by atoms with E-state index in [9.17, 15) is 9.59 Å². The van der Waals surface area contributed by atoms with Crippen molar-refractivity contribution < 1.29 is 19.4 Å². The molecule has 104 valence electrons. The highest BCUT2D eigenvalue weighted by Gasteiger charge is 2.22. The number of aliphatic carboxylic acids is 1. The number of carbonyl (C=O) groups excluding carboxylic acids is 1. The Balaban J connectivity index is 2.02. The van der Waals surface area contributed by atoms with Crippen LogP contribution in [0.1, 0.15) is 64.7 Å². The Morgan fingerprint density at radius 1 is 1.11 bits per heavy atom. The highest BCUT2D eigenvalue weighted by molar-refractivity contribution is 5.66. The lowest BCUT2D eigenvalue weighted by molar-refractivity contribution is -0.148. The van der Waals surface area contributed by atoms with Crippen LogP contribution in [0.25, 0.3) is 0 Å². The number of hydrogen-bond donors (Lipinski definition) is 1. The lowest BCUT2D eigenvalue weighted by Crippen LogP contribution is -2.23. The molecule has 0 aromatic heterocycles. The lowest BCUT2D eigenvalue weighted by atomic mass is 9.84. The first kappa shape index (κ1) is 15.0. The van der Waals surface area contributed by atoms with Crippen LogP contribution in [0.3, 0.4) is 0 Å². The molecule has 0 spiro atoms. The number of rotatable bonds is 7. The average Bonchev–Trinajstić information content (AvgIpc) is 2.30. The molecule has 18 heavy (non-hydrogen) atoms. The van der Waals surface area contributed by atoms with Crippen LogP contribution in [-0.4, -0.2) is 23.1 Å². The Morgan fingerprint density at radius 3 is 2.33 bits per heavy atom. The van der Waals surface area contributed by atoms with Crippen molar-refractivity contribution in [3.63, 3.8) is 0 Å². The zero-order valence-corrected chi connectivity index (χ0v) is 11.2. The molecule has 0 aromatic carbocycles. The summed E-state index contributed by atoms with van der Waals surface area (Å²) in [4.78, 5) is 21.2. The molecule has 0 heterocycles. The molecule has 1 rings (SSSR count). The number of carboxylic acid groups (broad SMARTS) is 1. The summed E-state index contributed by atoms with van der Waals surface area (Å²) in [5.74, 6) is -0.134. The van der Waals surface area contributed by atoms with E-state index in [1.54, 1.807) is 0 Å². The van der Waals surface area contributed by atoms with Gasteiger partial charge in [-0.25, -0.2) is 0 Å². The number of ether oxygens (including phenoxy) is 1. The summed E-state index contributed by atoms with van der Waals surface area (Å²) in [6.45, 7) is 1.47. The van der Waals surface area contributed by atoms with Gasteiger partial charge in [-0.05, 0) is 38.0 Å². The van der Waals surface area contributed by atoms with Crippen molar-refractivity contribution in [3.05, 3.63) is 0 Å². The van der Waals surface area contributed by atoms with E-state index in [4.69, 9.17) is 9.84 Å². The number of hydrogen-bond acceptors (Lipinski definition) is 3. The molecule has 1 saturated carbocycles. The highest BCUT2D eigenvalue weighted by atomic mass is 16.5. The van der Waals surface area contributed by atoms with E-state index >= 15 is 0 Å². The average molecular weight is 256 g/mol. The number of esters is 1. The first-order valence-corrected chi connectivity index (χ1v) is 6.97. The minimum atomic E-state index is -0.697. The summed E-state index contributed by atoms with van der Waals surface area (Å²) in [5, 5.41) is 8.52. The highest BCUT2D eigenvalue weighted by Crippen LogP contribution is 2.30. The summed E-state index contributed by atoms with van der Waals surface area (Å²) in [6, 6.07) is 0. The van der Waals surface area contributed by atoms with Gasteiger partial charge in [0.15, 0.2) is 0 Å². The molecular weight excluding hydrogens is 232 g/mol. The summed E-state index contributed by atoms with van der Waals surface area (Å²) in [5.41, 5.74) is 0. The monoisotopic (exact) mass is 256 g/mol. The van der Waals surface area contributed by atoms with Gasteiger partial charge in [-0.3, -0.25) is 9.59 Å². The molecule has 4 heteroatoms. The molecule has 0 atom stereocenters. The van der Waals surface area contributed by atoms with Gasteiger partial charge in [0, 0.05) is 13.3 Å². The van der Waals surface area contributed by atoms with Gasteiger partial charge in [-0.15, -0.1) is 0 Å². The van der Waals surface area contributed by atoms with Gasteiger partial charge in [0.1, 0.15) is 6.10 Å². The smallest absolute Gasteiger partial charge is 0.303 e. The number of unbranched alkanes of at least 4 members (excludes halogenated alkanes) is 2. The fourth-order valence-electron chi connectivity index (χ4n) is 2.66. The zero-order valence-electron chi connectivity index (χ0n) is 11.2. The maximum atomic E-state index is 10.8. The van der Waals surface area contributed by atoms with E-state index in [2.05, 4.69) is 0 Å². The van der Waals surface area contributed by atoms with E-state index in [0.717, 1.165) is 50.9 Å². The van der Waals surface area contributed by atoms with Gasteiger partial charge in [0.2, 0.25) is 0 Å². The molecule has 1 N–H and O–H groups in total. The maximum Gasteiger partial charge on any atom is 0.303 e. The second kappa shape index (κ2) is 8.11. The van der Waals surface area contributed by atoms with Crippen molar-refractivity contribution in [1.29, 1.82) is 0 Å². The Labute approximate surface area is 109 Å². The normalized spacial score (nSPS) is 23.6. The van der Waals surface area contributed by atoms with Gasteiger partial charge in [-0.1, -0.05) is 19.3 Å². The summed E-state index contributed by atoms with van der Waals surface area (Å²) in [7, 11) is 0. The van der Waals surface area contributed by atoms with Crippen LogP contribution in [0.4, 0.5) is 0 Å². The van der Waals surface area contributed by atoms with E-state index in [1.807, 2.05) is 0 Å². The molecule has 0 amide bonds. The Hall–Kier alpha value is -1.06. The Kier molecular flexibility index (Phi) is 6.76. The van der Waals surface area contributed by atoms with Crippen molar-refractivity contribution in [3.8, 4) is 0 Å². The van der Waals surface area contributed by atoms with Gasteiger partial charge in [0.05, 0.1) is 0 Å². The van der Waals surface area contributed by atoms with Crippen LogP contribution in [0.5, 0.6) is 0 Å². The van der Waals surface area contributed by atoms with Gasteiger partial charge < -0.3 is 9.84 Å². The summed E-state index contributed by atoms with van der Waals surface area (Å²) < 4.78 is 5.20.